The number of rotatable bonds is 6. The molecule has 12 heteroatoms. The number of ether oxygens (including phenoxy) is 2. The van der Waals surface area contributed by atoms with Gasteiger partial charge in [-0.15, -0.1) is 10.2 Å². The molecule has 1 aliphatic heterocycles. The van der Waals surface area contributed by atoms with Crippen LogP contribution in [0.3, 0.4) is 0 Å². The Morgan fingerprint density at radius 3 is 2.71 bits per heavy atom. The molecule has 2 unspecified atom stereocenters. The second kappa shape index (κ2) is 8.29. The fourth-order valence-corrected chi connectivity index (χ4v) is 4.23. The molecule has 4 rings (SSSR count). The van der Waals surface area contributed by atoms with E-state index in [0.29, 0.717) is 35.4 Å². The van der Waals surface area contributed by atoms with E-state index in [9.17, 15) is 8.42 Å². The van der Waals surface area contributed by atoms with Crippen molar-refractivity contribution in [1.29, 1.82) is 0 Å². The van der Waals surface area contributed by atoms with E-state index in [4.69, 9.17) is 14.6 Å². The predicted octanol–water partition coefficient (Wildman–Crippen LogP) is 0.827. The lowest BCUT2D eigenvalue weighted by molar-refractivity contribution is 0.123. The summed E-state index contributed by atoms with van der Waals surface area (Å²) in [6.07, 6.45) is 6.49. The number of fused-ring (bicyclic) bond motifs is 3. The van der Waals surface area contributed by atoms with E-state index in [1.165, 1.54) is 6.92 Å². The number of aromatic nitrogens is 6. The van der Waals surface area contributed by atoms with Crippen LogP contribution in [0, 0.1) is 6.92 Å². The first-order chi connectivity index (χ1) is 14.8. The highest BCUT2D eigenvalue weighted by molar-refractivity contribution is 7.89. The summed E-state index contributed by atoms with van der Waals surface area (Å²) in [6, 6.07) is 1.45. The number of hydrogen-bond donors (Lipinski definition) is 1. The third-order valence-electron chi connectivity index (χ3n) is 5.25. The zero-order chi connectivity index (χ0) is 22.2. The summed E-state index contributed by atoms with van der Waals surface area (Å²) in [7, 11) is -2.37. The van der Waals surface area contributed by atoms with Crippen molar-refractivity contribution >= 4 is 10.0 Å². The molecule has 0 aromatic carbocycles. The van der Waals surface area contributed by atoms with Gasteiger partial charge in [-0.2, -0.15) is 0 Å². The summed E-state index contributed by atoms with van der Waals surface area (Å²) in [5, 5.41) is 13.2. The third-order valence-corrected chi connectivity index (χ3v) is 6.56. The summed E-state index contributed by atoms with van der Waals surface area (Å²) in [4.78, 5) is 12.9. The van der Waals surface area contributed by atoms with Crippen molar-refractivity contribution in [3.8, 4) is 17.1 Å². The van der Waals surface area contributed by atoms with E-state index in [-0.39, 0.29) is 12.6 Å². The summed E-state index contributed by atoms with van der Waals surface area (Å²) >= 11 is 0. The van der Waals surface area contributed by atoms with Gasteiger partial charge in [0, 0.05) is 25.7 Å². The van der Waals surface area contributed by atoms with Gasteiger partial charge in [-0.25, -0.2) is 23.5 Å². The molecule has 0 amide bonds. The number of nitrogens with zero attached hydrogens (tertiary/aromatic N) is 6. The van der Waals surface area contributed by atoms with Crippen LogP contribution in [-0.4, -0.2) is 63.7 Å². The van der Waals surface area contributed by atoms with Gasteiger partial charge in [-0.05, 0) is 25.5 Å². The van der Waals surface area contributed by atoms with Gasteiger partial charge in [0.2, 0.25) is 10.0 Å². The van der Waals surface area contributed by atoms with Crippen molar-refractivity contribution in [2.45, 2.75) is 31.1 Å². The maximum atomic E-state index is 12.4. The first kappa shape index (κ1) is 21.3. The Bertz CT molecular complexity index is 1180. The van der Waals surface area contributed by atoms with Gasteiger partial charge in [0.05, 0.1) is 35.6 Å². The fourth-order valence-electron chi connectivity index (χ4n) is 3.60. The quantitative estimate of drug-likeness (QED) is 0.582. The molecule has 0 aliphatic carbocycles. The summed E-state index contributed by atoms with van der Waals surface area (Å²) in [5.41, 5.74) is 1.54. The largest absolute Gasteiger partial charge is 0.489 e. The Kier molecular flexibility index (Phi) is 5.69. The van der Waals surface area contributed by atoms with Crippen LogP contribution in [-0.2, 0) is 14.8 Å². The molecular formula is C19H23N7O4S. The van der Waals surface area contributed by atoms with Gasteiger partial charge in [0.25, 0.3) is 0 Å². The second-order valence-electron chi connectivity index (χ2n) is 7.43. The monoisotopic (exact) mass is 445 g/mol. The number of aryl methyl sites for hydroxylation is 1. The van der Waals surface area contributed by atoms with Gasteiger partial charge in [-0.1, -0.05) is 0 Å². The number of pyridine rings is 1. The summed E-state index contributed by atoms with van der Waals surface area (Å²) < 4.78 is 37.9. The van der Waals surface area contributed by atoms with Crippen molar-refractivity contribution in [2.24, 2.45) is 5.14 Å². The average Bonchev–Trinajstić information content (AvgIpc) is 3.09. The van der Waals surface area contributed by atoms with Gasteiger partial charge in [-0.3, -0.25) is 4.98 Å². The molecule has 3 atom stereocenters. The number of methoxy groups -OCH3 is 1. The van der Waals surface area contributed by atoms with Gasteiger partial charge in [0.15, 0.2) is 5.82 Å². The van der Waals surface area contributed by atoms with Crippen LogP contribution in [0.4, 0.5) is 0 Å². The highest BCUT2D eigenvalue weighted by Crippen LogP contribution is 2.37. The van der Waals surface area contributed by atoms with Crippen LogP contribution in [0.25, 0.3) is 11.4 Å². The predicted molar refractivity (Wildman–Crippen MR) is 111 cm³/mol. The van der Waals surface area contributed by atoms with Crippen LogP contribution in [0.5, 0.6) is 5.75 Å². The van der Waals surface area contributed by atoms with Gasteiger partial charge >= 0.3 is 0 Å². The maximum absolute atomic E-state index is 12.4. The minimum absolute atomic E-state index is 0.260. The van der Waals surface area contributed by atoms with Crippen LogP contribution < -0.4 is 9.88 Å². The standard InChI is InChI=1S/C19H23N7O4S/c1-11-6-22-17(23-7-11)16(12(2)31(20,27)28)19-25-24-18-14-4-5-21-8-15(14)30-10-13(9-29-3)26(18)19/h4-8,12-13,16H,9-10H2,1-3H3,(H2,20,27,28)/t12?,13-,16?/m1/s1. The highest BCUT2D eigenvalue weighted by atomic mass is 32.2. The average molecular weight is 446 g/mol. The van der Waals surface area contributed by atoms with Crippen molar-refractivity contribution < 1.29 is 17.9 Å². The molecule has 0 spiro atoms. The SMILES string of the molecule is COC[C@@H]1COc2cnccc2-c2nnc(C(c3ncc(C)cn3)C(C)S(N)(=O)=O)n21. The molecule has 2 N–H and O–H groups in total. The number of sulfonamides is 1. The second-order valence-corrected chi connectivity index (χ2v) is 9.36. The van der Waals surface area contributed by atoms with E-state index in [1.807, 2.05) is 11.5 Å². The van der Waals surface area contributed by atoms with E-state index in [2.05, 4.69) is 25.1 Å². The van der Waals surface area contributed by atoms with E-state index in [0.717, 1.165) is 5.56 Å². The number of nitrogens with two attached hydrogens (primary N) is 1. The Balaban J connectivity index is 1.95. The lowest BCUT2D eigenvalue weighted by Crippen LogP contribution is -2.35. The smallest absolute Gasteiger partial charge is 0.212 e. The molecule has 164 valence electrons. The topological polar surface area (TPSA) is 148 Å². The van der Waals surface area contributed by atoms with Crippen LogP contribution in [0.1, 0.15) is 36.1 Å². The summed E-state index contributed by atoms with van der Waals surface area (Å²) in [6.45, 7) is 3.92. The van der Waals surface area contributed by atoms with Crippen molar-refractivity contribution in [3.05, 3.63) is 48.1 Å². The molecule has 0 saturated carbocycles. The minimum atomic E-state index is -3.95. The molecule has 4 heterocycles. The lowest BCUT2D eigenvalue weighted by atomic mass is 10.0. The molecule has 0 fully saturated rings. The Hall–Kier alpha value is -2.96. The normalized spacial score (nSPS) is 17.7. The van der Waals surface area contributed by atoms with Crippen LogP contribution >= 0.6 is 0 Å². The molecule has 3 aromatic rings. The minimum Gasteiger partial charge on any atom is -0.489 e. The molecule has 0 bridgehead atoms. The van der Waals surface area contributed by atoms with Crippen LogP contribution in [0.2, 0.25) is 0 Å². The Morgan fingerprint density at radius 2 is 2.03 bits per heavy atom. The van der Waals surface area contributed by atoms with Gasteiger partial charge in [0.1, 0.15) is 24.0 Å². The van der Waals surface area contributed by atoms with E-state index in [1.54, 1.807) is 38.0 Å². The third kappa shape index (κ3) is 4.01. The molecular weight excluding hydrogens is 422 g/mol. The van der Waals surface area contributed by atoms with Crippen molar-refractivity contribution in [3.63, 3.8) is 0 Å². The zero-order valence-electron chi connectivity index (χ0n) is 17.3. The van der Waals surface area contributed by atoms with Crippen molar-refractivity contribution in [1.82, 2.24) is 29.7 Å². The van der Waals surface area contributed by atoms with Crippen molar-refractivity contribution in [2.75, 3.05) is 20.3 Å². The summed E-state index contributed by atoms with van der Waals surface area (Å²) in [5.74, 6) is 0.892. The first-order valence-electron chi connectivity index (χ1n) is 9.62. The fraction of sp³-hybridized carbons (Fsp3) is 0.421. The number of hydrogen-bond acceptors (Lipinski definition) is 9. The molecule has 11 nitrogen and oxygen atoms in total. The van der Waals surface area contributed by atoms with E-state index < -0.39 is 21.2 Å². The molecule has 0 saturated heterocycles. The van der Waals surface area contributed by atoms with Crippen LogP contribution in [0.15, 0.2) is 30.9 Å². The zero-order valence-corrected chi connectivity index (χ0v) is 18.2. The molecule has 31 heavy (non-hydrogen) atoms. The number of primary sulfonamides is 1. The maximum Gasteiger partial charge on any atom is 0.212 e. The molecule has 3 aromatic heterocycles. The van der Waals surface area contributed by atoms with E-state index >= 15 is 0 Å². The molecule has 1 aliphatic rings. The Morgan fingerprint density at radius 1 is 1.29 bits per heavy atom. The highest BCUT2D eigenvalue weighted by Gasteiger charge is 2.39. The first-order valence-corrected chi connectivity index (χ1v) is 11.2. The Labute approximate surface area is 179 Å². The lowest BCUT2D eigenvalue weighted by Gasteiger charge is -2.25. The van der Waals surface area contributed by atoms with Gasteiger partial charge < -0.3 is 14.0 Å². The molecule has 0 radical (unpaired) electrons.